The van der Waals surface area contributed by atoms with Gasteiger partial charge >= 0.3 is 0 Å². The molecule has 1 unspecified atom stereocenters. The zero-order valence-electron chi connectivity index (χ0n) is 35.5. The van der Waals surface area contributed by atoms with E-state index in [1.165, 1.54) is 99.1 Å². The van der Waals surface area contributed by atoms with Crippen LogP contribution in [0.2, 0.25) is 0 Å². The Labute approximate surface area is 372 Å². The minimum Gasteiger partial charge on any atom is -0.456 e. The smallest absolute Gasteiger partial charge is 0.136 e. The van der Waals surface area contributed by atoms with E-state index < -0.39 is 10.8 Å². The van der Waals surface area contributed by atoms with Crippen LogP contribution < -0.4 is 0 Å². The van der Waals surface area contributed by atoms with Crippen LogP contribution in [0.1, 0.15) is 45.9 Å². The molecule has 1 heterocycles. The van der Waals surface area contributed by atoms with Gasteiger partial charge in [0.2, 0.25) is 0 Å². The summed E-state index contributed by atoms with van der Waals surface area (Å²) in [7, 11) is 0. The van der Waals surface area contributed by atoms with Gasteiger partial charge in [0.25, 0.3) is 0 Å². The molecular weight excluding hydrogens is 773 g/mol. The van der Waals surface area contributed by atoms with Crippen molar-refractivity contribution in [2.75, 3.05) is 0 Å². The molecule has 0 saturated heterocycles. The monoisotopic (exact) mass is 814 g/mol. The molecule has 11 aromatic rings. The van der Waals surface area contributed by atoms with Crippen molar-refractivity contribution in [1.29, 1.82) is 0 Å². The van der Waals surface area contributed by atoms with Crippen LogP contribution in [0.15, 0.2) is 241 Å². The zero-order valence-corrected chi connectivity index (χ0v) is 35.5. The van der Waals surface area contributed by atoms with Gasteiger partial charge in [-0.25, -0.2) is 0 Å². The molecule has 10 aromatic carbocycles. The van der Waals surface area contributed by atoms with E-state index in [0.717, 1.165) is 21.9 Å². The first kappa shape index (κ1) is 36.6. The second-order valence-electron chi connectivity index (χ2n) is 17.5. The highest BCUT2D eigenvalue weighted by atomic mass is 16.3. The fraction of sp³-hybridized carbons (Fsp3) is 0.0476. The molecule has 0 N–H and O–H groups in total. The Morgan fingerprint density at radius 3 is 1.73 bits per heavy atom. The van der Waals surface area contributed by atoms with Gasteiger partial charge in [-0.2, -0.15) is 0 Å². The summed E-state index contributed by atoms with van der Waals surface area (Å²) in [5.74, 6) is 0. The zero-order chi connectivity index (χ0) is 42.6. The molecule has 1 nitrogen and oxygen atoms in total. The van der Waals surface area contributed by atoms with Crippen LogP contribution in [-0.4, -0.2) is 0 Å². The molecule has 300 valence electrons. The summed E-state index contributed by atoms with van der Waals surface area (Å²) >= 11 is 0. The molecule has 1 atom stereocenters. The number of fused-ring (bicyclic) bond motifs is 10. The first-order chi connectivity index (χ1) is 31.6. The van der Waals surface area contributed by atoms with Crippen molar-refractivity contribution in [1.82, 2.24) is 0 Å². The SMILES string of the molecule is C=C/C=C\C=C(/C)C1(c2ccccc2)c2cc3c(cc2-c2c1cc1oc4cccc5cccc(c6cccc2c16)c54)C(c1ccccc1)(c1ccccc1)c1ccc2ccccc2c1-3. The Kier molecular flexibility index (Phi) is 7.87. The van der Waals surface area contributed by atoms with Gasteiger partial charge in [-0.15, -0.1) is 0 Å². The average Bonchev–Trinajstić information content (AvgIpc) is 3.76. The van der Waals surface area contributed by atoms with Crippen molar-refractivity contribution < 1.29 is 4.42 Å². The first-order valence-corrected chi connectivity index (χ1v) is 22.3. The number of allylic oxidation sites excluding steroid dienone is 5. The third-order valence-electron chi connectivity index (χ3n) is 14.5. The summed E-state index contributed by atoms with van der Waals surface area (Å²) < 4.78 is 7.25. The minimum absolute atomic E-state index is 0.591. The summed E-state index contributed by atoms with van der Waals surface area (Å²) in [6.07, 6.45) is 8.31. The maximum Gasteiger partial charge on any atom is 0.136 e. The van der Waals surface area contributed by atoms with Crippen LogP contribution in [0.3, 0.4) is 0 Å². The van der Waals surface area contributed by atoms with Crippen molar-refractivity contribution in [3.8, 4) is 22.3 Å². The van der Waals surface area contributed by atoms with Gasteiger partial charge in [0.1, 0.15) is 11.2 Å². The maximum absolute atomic E-state index is 7.25. The summed E-state index contributed by atoms with van der Waals surface area (Å²) in [5, 5.41) is 9.52. The van der Waals surface area contributed by atoms with Gasteiger partial charge in [-0.3, -0.25) is 0 Å². The van der Waals surface area contributed by atoms with Crippen LogP contribution >= 0.6 is 0 Å². The largest absolute Gasteiger partial charge is 0.456 e. The molecule has 1 heteroatoms. The van der Waals surface area contributed by atoms with E-state index in [2.05, 4.69) is 226 Å². The molecule has 13 rings (SSSR count). The molecule has 2 aliphatic rings. The fourth-order valence-electron chi connectivity index (χ4n) is 12.1. The van der Waals surface area contributed by atoms with Gasteiger partial charge in [0.15, 0.2) is 0 Å². The lowest BCUT2D eigenvalue weighted by Crippen LogP contribution is -2.30. The summed E-state index contributed by atoms with van der Waals surface area (Å²) in [6, 6.07) is 74.7. The third kappa shape index (κ3) is 4.73. The molecule has 0 saturated carbocycles. The van der Waals surface area contributed by atoms with Crippen molar-refractivity contribution in [2.45, 2.75) is 17.8 Å². The lowest BCUT2D eigenvalue weighted by molar-refractivity contribution is 0.661. The average molecular weight is 815 g/mol. The topological polar surface area (TPSA) is 13.1 Å². The molecule has 0 amide bonds. The Balaban J connectivity index is 1.28. The summed E-state index contributed by atoms with van der Waals surface area (Å²) in [4.78, 5) is 0. The van der Waals surface area contributed by atoms with E-state index in [9.17, 15) is 0 Å². The van der Waals surface area contributed by atoms with Gasteiger partial charge in [0, 0.05) is 10.8 Å². The first-order valence-electron chi connectivity index (χ1n) is 22.3. The van der Waals surface area contributed by atoms with Crippen molar-refractivity contribution >= 4 is 54.3 Å². The minimum atomic E-state index is -0.683. The highest BCUT2D eigenvalue weighted by molar-refractivity contribution is 6.26. The Morgan fingerprint density at radius 1 is 0.438 bits per heavy atom. The molecule has 1 aromatic heterocycles. The molecule has 64 heavy (non-hydrogen) atoms. The Hall–Kier alpha value is -8.00. The number of rotatable bonds is 6. The van der Waals surface area contributed by atoms with Crippen molar-refractivity contribution in [3.63, 3.8) is 0 Å². The van der Waals surface area contributed by atoms with Crippen LogP contribution in [0.4, 0.5) is 0 Å². The van der Waals surface area contributed by atoms with Crippen LogP contribution in [-0.2, 0) is 10.8 Å². The number of benzene rings is 10. The molecule has 0 fully saturated rings. The predicted octanol–water partition coefficient (Wildman–Crippen LogP) is 16.4. The lowest BCUT2D eigenvalue weighted by Gasteiger charge is -2.36. The second-order valence-corrected chi connectivity index (χ2v) is 17.5. The van der Waals surface area contributed by atoms with E-state index in [4.69, 9.17) is 4.42 Å². The van der Waals surface area contributed by atoms with Gasteiger partial charge < -0.3 is 4.42 Å². The Morgan fingerprint density at radius 2 is 1.00 bits per heavy atom. The van der Waals surface area contributed by atoms with Crippen molar-refractivity contribution in [3.05, 3.63) is 276 Å². The molecule has 2 aliphatic carbocycles. The molecule has 0 bridgehead atoms. The molecule has 0 spiro atoms. The molecule has 0 aliphatic heterocycles. The van der Waals surface area contributed by atoms with Crippen LogP contribution in [0.25, 0.3) is 76.5 Å². The van der Waals surface area contributed by atoms with Gasteiger partial charge in [-0.05, 0) is 125 Å². The summed E-state index contributed by atoms with van der Waals surface area (Å²) in [5.41, 5.74) is 15.6. The van der Waals surface area contributed by atoms with Crippen LogP contribution in [0, 0.1) is 0 Å². The normalized spacial score (nSPS) is 16.2. The van der Waals surface area contributed by atoms with E-state index in [0.29, 0.717) is 0 Å². The molecular formula is C63H42O. The highest BCUT2D eigenvalue weighted by Crippen LogP contribution is 2.64. The van der Waals surface area contributed by atoms with E-state index >= 15 is 0 Å². The second kappa shape index (κ2) is 13.8. The van der Waals surface area contributed by atoms with Gasteiger partial charge in [-0.1, -0.05) is 212 Å². The Bertz CT molecular complexity index is 3750. The fourth-order valence-corrected chi connectivity index (χ4v) is 12.1. The van der Waals surface area contributed by atoms with Gasteiger partial charge in [0.05, 0.1) is 10.8 Å². The number of hydrogen-bond donors (Lipinski definition) is 0. The lowest BCUT2D eigenvalue weighted by atomic mass is 9.65. The van der Waals surface area contributed by atoms with E-state index in [1.807, 2.05) is 12.2 Å². The summed E-state index contributed by atoms with van der Waals surface area (Å²) in [6.45, 7) is 6.34. The van der Waals surface area contributed by atoms with E-state index in [-0.39, 0.29) is 0 Å². The maximum atomic E-state index is 7.25. The van der Waals surface area contributed by atoms with Crippen LogP contribution in [0.5, 0.6) is 0 Å². The quantitative estimate of drug-likeness (QED) is 0.152. The molecule has 0 radical (unpaired) electrons. The highest BCUT2D eigenvalue weighted by Gasteiger charge is 2.52. The predicted molar refractivity (Wildman–Crippen MR) is 268 cm³/mol. The third-order valence-corrected chi connectivity index (χ3v) is 14.5. The standard InChI is InChI=1S/C63H42O/c1-3-4-8-20-40(2)62(43-24-9-5-10-25-43)53-37-51-54(63(44-26-11-6-12-27-44,45-28-13-7-14-29-45)52-36-35-41-21-15-16-30-46(41)59(51)52)38-50(53)60-49-33-19-32-48-47-31-17-22-42-23-18-34-56(58(42)47)64-57(61(48)49)39-55(60)62/h3-39H,1H2,2H3/b8-4-,40-20+. The van der Waals surface area contributed by atoms with Crippen molar-refractivity contribution in [2.24, 2.45) is 0 Å². The number of hydrogen-bond acceptors (Lipinski definition) is 1. The van der Waals surface area contributed by atoms with E-state index in [1.54, 1.807) is 0 Å².